The third kappa shape index (κ3) is 3.62. The zero-order valence-corrected chi connectivity index (χ0v) is 14.7. The summed E-state index contributed by atoms with van der Waals surface area (Å²) in [4.78, 5) is 1.15. The van der Waals surface area contributed by atoms with E-state index in [1.807, 2.05) is 24.3 Å². The standard InChI is InChI=1S/C13H13BrClNO2S2/c1-16(8-10-2-4-11(14)5-3-10)20(17,18)13-6-12(7-15)19-9-13/h2-6,9H,7-8H2,1H3. The summed E-state index contributed by atoms with van der Waals surface area (Å²) < 4.78 is 27.1. The van der Waals surface area contributed by atoms with E-state index < -0.39 is 10.0 Å². The van der Waals surface area contributed by atoms with Gasteiger partial charge in [0.15, 0.2) is 0 Å². The van der Waals surface area contributed by atoms with Crippen molar-refractivity contribution in [3.8, 4) is 0 Å². The van der Waals surface area contributed by atoms with Crippen LogP contribution in [0.2, 0.25) is 0 Å². The molecule has 1 aromatic carbocycles. The largest absolute Gasteiger partial charge is 0.243 e. The first kappa shape index (κ1) is 16.0. The summed E-state index contributed by atoms with van der Waals surface area (Å²) in [5, 5.41) is 1.63. The minimum atomic E-state index is -3.46. The highest BCUT2D eigenvalue weighted by atomic mass is 79.9. The fourth-order valence-corrected chi connectivity index (χ4v) is 4.48. The molecule has 0 aliphatic carbocycles. The number of hydrogen-bond acceptors (Lipinski definition) is 3. The van der Waals surface area contributed by atoms with Crippen molar-refractivity contribution in [3.63, 3.8) is 0 Å². The molecule has 0 fully saturated rings. The molecule has 0 N–H and O–H groups in total. The second kappa shape index (κ2) is 6.58. The summed E-state index contributed by atoms with van der Waals surface area (Å²) in [5.41, 5.74) is 0.937. The van der Waals surface area contributed by atoms with Crippen LogP contribution in [-0.4, -0.2) is 19.8 Å². The Labute approximate surface area is 136 Å². The van der Waals surface area contributed by atoms with E-state index in [9.17, 15) is 8.42 Å². The van der Waals surface area contributed by atoms with Gasteiger partial charge in [0, 0.05) is 28.3 Å². The molecule has 0 saturated heterocycles. The van der Waals surface area contributed by atoms with Crippen LogP contribution in [0.4, 0.5) is 0 Å². The van der Waals surface area contributed by atoms with Gasteiger partial charge in [-0.1, -0.05) is 28.1 Å². The third-order valence-electron chi connectivity index (χ3n) is 2.79. The molecular formula is C13H13BrClNO2S2. The molecule has 2 rings (SSSR count). The van der Waals surface area contributed by atoms with Crippen molar-refractivity contribution in [2.24, 2.45) is 0 Å². The van der Waals surface area contributed by atoms with Crippen molar-refractivity contribution in [3.05, 3.63) is 50.6 Å². The van der Waals surface area contributed by atoms with E-state index in [1.54, 1.807) is 18.5 Å². The summed E-state index contributed by atoms with van der Waals surface area (Å²) in [6, 6.07) is 9.21. The smallest absolute Gasteiger partial charge is 0.207 e. The maximum absolute atomic E-state index is 12.4. The first-order valence-electron chi connectivity index (χ1n) is 5.77. The number of sulfonamides is 1. The zero-order chi connectivity index (χ0) is 14.8. The van der Waals surface area contributed by atoms with Gasteiger partial charge in [-0.05, 0) is 23.8 Å². The Bertz CT molecular complexity index is 683. The van der Waals surface area contributed by atoms with Gasteiger partial charge in [-0.25, -0.2) is 8.42 Å². The van der Waals surface area contributed by atoms with Crippen molar-refractivity contribution >= 4 is 48.9 Å². The number of hydrogen-bond donors (Lipinski definition) is 0. The Balaban J connectivity index is 2.18. The first-order valence-corrected chi connectivity index (χ1v) is 9.42. The van der Waals surface area contributed by atoms with Crippen molar-refractivity contribution in [2.75, 3.05) is 7.05 Å². The van der Waals surface area contributed by atoms with Crippen LogP contribution in [0.25, 0.3) is 0 Å². The molecule has 0 aliphatic heterocycles. The van der Waals surface area contributed by atoms with Gasteiger partial charge in [-0.2, -0.15) is 4.31 Å². The van der Waals surface area contributed by atoms with Crippen LogP contribution >= 0.6 is 38.9 Å². The van der Waals surface area contributed by atoms with E-state index in [-0.39, 0.29) is 0 Å². The van der Waals surface area contributed by atoms with Gasteiger partial charge >= 0.3 is 0 Å². The lowest BCUT2D eigenvalue weighted by Crippen LogP contribution is -2.26. The molecular weight excluding hydrogens is 382 g/mol. The molecule has 7 heteroatoms. The Kier molecular flexibility index (Phi) is 5.25. The van der Waals surface area contributed by atoms with E-state index in [0.717, 1.165) is 14.9 Å². The highest BCUT2D eigenvalue weighted by Crippen LogP contribution is 2.24. The van der Waals surface area contributed by atoms with Gasteiger partial charge in [0.25, 0.3) is 0 Å². The lowest BCUT2D eigenvalue weighted by Gasteiger charge is -2.16. The summed E-state index contributed by atoms with van der Waals surface area (Å²) in [6.45, 7) is 0.335. The lowest BCUT2D eigenvalue weighted by atomic mass is 10.2. The number of rotatable bonds is 5. The Morgan fingerprint density at radius 2 is 1.95 bits per heavy atom. The lowest BCUT2D eigenvalue weighted by molar-refractivity contribution is 0.467. The molecule has 1 heterocycles. The predicted molar refractivity (Wildman–Crippen MR) is 86.7 cm³/mol. The molecule has 108 valence electrons. The Morgan fingerprint density at radius 1 is 1.30 bits per heavy atom. The fraction of sp³-hybridized carbons (Fsp3) is 0.231. The normalized spacial score (nSPS) is 12.0. The van der Waals surface area contributed by atoms with Gasteiger partial charge < -0.3 is 0 Å². The topological polar surface area (TPSA) is 37.4 Å². The highest BCUT2D eigenvalue weighted by molar-refractivity contribution is 9.10. The predicted octanol–water partition coefficient (Wildman–Crippen LogP) is 4.07. The highest BCUT2D eigenvalue weighted by Gasteiger charge is 2.22. The van der Waals surface area contributed by atoms with Gasteiger partial charge in [0.1, 0.15) is 0 Å². The molecule has 0 atom stereocenters. The number of alkyl halides is 1. The van der Waals surface area contributed by atoms with Crippen LogP contribution < -0.4 is 0 Å². The average Bonchev–Trinajstić information content (AvgIpc) is 2.90. The summed E-state index contributed by atoms with van der Waals surface area (Å²) in [6.07, 6.45) is 0. The van der Waals surface area contributed by atoms with Crippen LogP contribution in [0.5, 0.6) is 0 Å². The minimum Gasteiger partial charge on any atom is -0.207 e. The fourth-order valence-electron chi connectivity index (χ4n) is 1.68. The minimum absolute atomic E-state index is 0.303. The van der Waals surface area contributed by atoms with E-state index in [1.165, 1.54) is 15.6 Å². The number of thiophene rings is 1. The molecule has 0 saturated carbocycles. The number of nitrogens with zero attached hydrogens (tertiary/aromatic N) is 1. The SMILES string of the molecule is CN(Cc1ccc(Br)cc1)S(=O)(=O)c1csc(CCl)c1. The van der Waals surface area contributed by atoms with Crippen molar-refractivity contribution < 1.29 is 8.42 Å². The zero-order valence-electron chi connectivity index (χ0n) is 10.7. The molecule has 1 aromatic heterocycles. The van der Waals surface area contributed by atoms with Crippen LogP contribution in [-0.2, 0) is 22.4 Å². The van der Waals surface area contributed by atoms with Crippen LogP contribution in [0, 0.1) is 0 Å². The molecule has 0 bridgehead atoms. The van der Waals surface area contributed by atoms with E-state index >= 15 is 0 Å². The van der Waals surface area contributed by atoms with Crippen LogP contribution in [0.3, 0.4) is 0 Å². The first-order chi connectivity index (χ1) is 9.43. The van der Waals surface area contributed by atoms with E-state index in [2.05, 4.69) is 15.9 Å². The van der Waals surface area contributed by atoms with Crippen molar-refractivity contribution in [1.82, 2.24) is 4.31 Å². The van der Waals surface area contributed by atoms with Gasteiger partial charge in [-0.3, -0.25) is 0 Å². The van der Waals surface area contributed by atoms with E-state index in [0.29, 0.717) is 17.3 Å². The van der Waals surface area contributed by atoms with E-state index in [4.69, 9.17) is 11.6 Å². The molecule has 20 heavy (non-hydrogen) atoms. The second-order valence-electron chi connectivity index (χ2n) is 4.27. The monoisotopic (exact) mass is 393 g/mol. The molecule has 0 radical (unpaired) electrons. The van der Waals surface area contributed by atoms with Gasteiger partial charge in [-0.15, -0.1) is 22.9 Å². The van der Waals surface area contributed by atoms with Crippen LogP contribution in [0.15, 0.2) is 45.1 Å². The molecule has 3 nitrogen and oxygen atoms in total. The van der Waals surface area contributed by atoms with Crippen molar-refractivity contribution in [2.45, 2.75) is 17.3 Å². The average molecular weight is 395 g/mol. The maximum atomic E-state index is 12.4. The Hall–Kier alpha value is -0.400. The number of halogens is 2. The van der Waals surface area contributed by atoms with Crippen LogP contribution in [0.1, 0.15) is 10.4 Å². The molecule has 0 aliphatic rings. The molecule has 0 spiro atoms. The third-order valence-corrected chi connectivity index (χ3v) is 6.63. The number of benzene rings is 1. The van der Waals surface area contributed by atoms with Crippen molar-refractivity contribution in [1.29, 1.82) is 0 Å². The van der Waals surface area contributed by atoms with Gasteiger partial charge in [0.05, 0.1) is 10.8 Å². The maximum Gasteiger partial charge on any atom is 0.243 e. The summed E-state index contributed by atoms with van der Waals surface area (Å²) in [5.74, 6) is 0.330. The molecule has 0 amide bonds. The summed E-state index contributed by atoms with van der Waals surface area (Å²) >= 11 is 10.4. The quantitative estimate of drug-likeness (QED) is 0.717. The van der Waals surface area contributed by atoms with Gasteiger partial charge in [0.2, 0.25) is 10.0 Å². The molecule has 2 aromatic rings. The second-order valence-corrected chi connectivity index (χ2v) is 8.49. The summed E-state index contributed by atoms with van der Waals surface area (Å²) in [7, 11) is -1.88. The Morgan fingerprint density at radius 3 is 2.50 bits per heavy atom. The molecule has 0 unspecified atom stereocenters.